The first-order valence-electron chi connectivity index (χ1n) is 9.63. The molecule has 1 atom stereocenters. The molecule has 0 radical (unpaired) electrons. The van der Waals surface area contributed by atoms with Crippen LogP contribution in [-0.4, -0.2) is 4.98 Å². The molecule has 0 saturated carbocycles. The van der Waals surface area contributed by atoms with Crippen LogP contribution in [0.3, 0.4) is 0 Å². The van der Waals surface area contributed by atoms with Gasteiger partial charge in [0.2, 0.25) is 0 Å². The van der Waals surface area contributed by atoms with E-state index in [0.717, 1.165) is 19.5 Å². The van der Waals surface area contributed by atoms with Crippen LogP contribution in [0, 0.1) is 0 Å². The van der Waals surface area contributed by atoms with Crippen molar-refractivity contribution >= 4 is 16.6 Å². The topological polar surface area (TPSA) is 39.9 Å². The lowest BCUT2D eigenvalue weighted by atomic mass is 9.98. The standard InChI is InChI=1S/C24H21N3/c1-2-4-21-15(3-1)11-23(26-21)17-7-8-22-19(9-17)12-24(27-22)16-5-6-18-13-25-14-20(18)10-16/h1-11,24-27H,12-14H2. The molecule has 3 aromatic carbocycles. The number of hydrogen-bond acceptors (Lipinski definition) is 2. The molecule has 0 amide bonds. The molecule has 3 heteroatoms. The summed E-state index contributed by atoms with van der Waals surface area (Å²) in [5.74, 6) is 0. The minimum Gasteiger partial charge on any atom is -0.378 e. The fourth-order valence-electron chi connectivity index (χ4n) is 4.49. The molecule has 2 aliphatic heterocycles. The lowest BCUT2D eigenvalue weighted by Gasteiger charge is -2.13. The van der Waals surface area contributed by atoms with Crippen LogP contribution in [-0.2, 0) is 19.5 Å². The summed E-state index contributed by atoms with van der Waals surface area (Å²) >= 11 is 0. The van der Waals surface area contributed by atoms with Crippen molar-refractivity contribution in [2.24, 2.45) is 0 Å². The molecule has 2 aliphatic rings. The van der Waals surface area contributed by atoms with Crippen molar-refractivity contribution in [3.8, 4) is 11.3 Å². The number of aromatic nitrogens is 1. The Bertz CT molecular complexity index is 1140. The average molecular weight is 351 g/mol. The van der Waals surface area contributed by atoms with Crippen molar-refractivity contribution in [2.75, 3.05) is 5.32 Å². The smallest absolute Gasteiger partial charge is 0.0555 e. The second-order valence-corrected chi connectivity index (χ2v) is 7.67. The van der Waals surface area contributed by atoms with Gasteiger partial charge in [-0.25, -0.2) is 0 Å². The number of nitrogens with one attached hydrogen (secondary N) is 3. The third kappa shape index (κ3) is 2.47. The van der Waals surface area contributed by atoms with Gasteiger partial charge in [-0.05, 0) is 58.5 Å². The summed E-state index contributed by atoms with van der Waals surface area (Å²) < 4.78 is 0. The van der Waals surface area contributed by atoms with Gasteiger partial charge in [0.15, 0.2) is 0 Å². The Morgan fingerprint density at radius 3 is 2.67 bits per heavy atom. The van der Waals surface area contributed by atoms with Gasteiger partial charge in [-0.2, -0.15) is 0 Å². The van der Waals surface area contributed by atoms with Gasteiger partial charge in [-0.3, -0.25) is 0 Å². The molecule has 3 N–H and O–H groups in total. The number of para-hydroxylation sites is 1. The zero-order valence-electron chi connectivity index (χ0n) is 15.0. The first-order valence-corrected chi connectivity index (χ1v) is 9.63. The van der Waals surface area contributed by atoms with E-state index >= 15 is 0 Å². The van der Waals surface area contributed by atoms with Crippen LogP contribution in [0.1, 0.15) is 28.3 Å². The minimum atomic E-state index is 0.365. The summed E-state index contributed by atoms with van der Waals surface area (Å²) in [5, 5.41) is 8.41. The van der Waals surface area contributed by atoms with Crippen molar-refractivity contribution in [1.29, 1.82) is 0 Å². The molecule has 27 heavy (non-hydrogen) atoms. The molecule has 0 spiro atoms. The van der Waals surface area contributed by atoms with Gasteiger partial charge < -0.3 is 15.6 Å². The normalized spacial score (nSPS) is 17.7. The second-order valence-electron chi connectivity index (χ2n) is 7.67. The third-order valence-corrected chi connectivity index (χ3v) is 5.96. The second kappa shape index (κ2) is 5.73. The number of aromatic amines is 1. The summed E-state index contributed by atoms with van der Waals surface area (Å²) in [4.78, 5) is 3.55. The number of fused-ring (bicyclic) bond motifs is 3. The molecule has 0 bridgehead atoms. The summed E-state index contributed by atoms with van der Waals surface area (Å²) in [6.07, 6.45) is 1.04. The molecule has 0 fully saturated rings. The number of benzene rings is 3. The van der Waals surface area contributed by atoms with Crippen molar-refractivity contribution < 1.29 is 0 Å². The molecule has 132 valence electrons. The Balaban J connectivity index is 1.32. The highest BCUT2D eigenvalue weighted by Gasteiger charge is 2.24. The number of hydrogen-bond donors (Lipinski definition) is 3. The number of rotatable bonds is 2. The lowest BCUT2D eigenvalue weighted by Crippen LogP contribution is -2.06. The van der Waals surface area contributed by atoms with E-state index in [1.54, 1.807) is 0 Å². The fraction of sp³-hybridized carbons (Fsp3) is 0.167. The predicted octanol–water partition coefficient (Wildman–Crippen LogP) is 5.15. The molecule has 1 unspecified atom stereocenters. The van der Waals surface area contributed by atoms with Gasteiger partial charge in [0.05, 0.1) is 6.04 Å². The minimum absolute atomic E-state index is 0.365. The molecule has 3 nitrogen and oxygen atoms in total. The molecular formula is C24H21N3. The number of H-pyrrole nitrogens is 1. The van der Waals surface area contributed by atoms with Crippen molar-refractivity contribution in [2.45, 2.75) is 25.6 Å². The van der Waals surface area contributed by atoms with E-state index in [9.17, 15) is 0 Å². The fourth-order valence-corrected chi connectivity index (χ4v) is 4.49. The van der Waals surface area contributed by atoms with E-state index < -0.39 is 0 Å². The Kier molecular flexibility index (Phi) is 3.20. The van der Waals surface area contributed by atoms with Crippen molar-refractivity contribution in [3.63, 3.8) is 0 Å². The quantitative estimate of drug-likeness (QED) is 0.467. The van der Waals surface area contributed by atoms with Gasteiger partial charge >= 0.3 is 0 Å². The van der Waals surface area contributed by atoms with Crippen LogP contribution in [0.15, 0.2) is 66.7 Å². The van der Waals surface area contributed by atoms with Gasteiger partial charge in [0.1, 0.15) is 0 Å². The van der Waals surface area contributed by atoms with E-state index in [0.29, 0.717) is 6.04 Å². The van der Waals surface area contributed by atoms with Gasteiger partial charge in [-0.15, -0.1) is 0 Å². The van der Waals surface area contributed by atoms with E-state index in [2.05, 4.69) is 82.3 Å². The first-order chi connectivity index (χ1) is 13.3. The molecular weight excluding hydrogens is 330 g/mol. The lowest BCUT2D eigenvalue weighted by molar-refractivity contribution is 0.764. The van der Waals surface area contributed by atoms with Crippen molar-refractivity contribution in [3.05, 3.63) is 89.0 Å². The van der Waals surface area contributed by atoms with Crippen LogP contribution in [0.4, 0.5) is 5.69 Å². The van der Waals surface area contributed by atoms with E-state index in [-0.39, 0.29) is 0 Å². The summed E-state index contributed by atoms with van der Waals surface area (Å²) in [6.45, 7) is 2.00. The Morgan fingerprint density at radius 1 is 0.778 bits per heavy atom. The van der Waals surface area contributed by atoms with Crippen LogP contribution in [0.2, 0.25) is 0 Å². The van der Waals surface area contributed by atoms with Gasteiger partial charge in [0.25, 0.3) is 0 Å². The summed E-state index contributed by atoms with van der Waals surface area (Å²) in [6, 6.07) is 24.8. The number of anilines is 1. The predicted molar refractivity (Wildman–Crippen MR) is 111 cm³/mol. The van der Waals surface area contributed by atoms with Crippen LogP contribution in [0.25, 0.3) is 22.2 Å². The summed E-state index contributed by atoms with van der Waals surface area (Å²) in [5.41, 5.74) is 10.6. The SMILES string of the molecule is c1ccc2[nH]c(-c3ccc4c(c3)CC(c3ccc5c(c3)CNC5)N4)cc2c1. The largest absolute Gasteiger partial charge is 0.378 e. The molecule has 3 heterocycles. The Hall–Kier alpha value is -3.04. The molecule has 0 saturated heterocycles. The Morgan fingerprint density at radius 2 is 1.70 bits per heavy atom. The average Bonchev–Trinajstić information content (AvgIpc) is 3.42. The van der Waals surface area contributed by atoms with Crippen LogP contribution in [0.5, 0.6) is 0 Å². The van der Waals surface area contributed by atoms with Crippen LogP contribution < -0.4 is 10.6 Å². The maximum Gasteiger partial charge on any atom is 0.0555 e. The zero-order valence-corrected chi connectivity index (χ0v) is 15.0. The molecule has 6 rings (SSSR count). The molecule has 4 aromatic rings. The molecule has 1 aromatic heterocycles. The first kappa shape index (κ1) is 15.1. The molecule has 0 aliphatic carbocycles. The highest BCUT2D eigenvalue weighted by atomic mass is 15.0. The highest BCUT2D eigenvalue weighted by molar-refractivity contribution is 5.86. The van der Waals surface area contributed by atoms with Gasteiger partial charge in [-0.1, -0.05) is 42.5 Å². The van der Waals surface area contributed by atoms with Gasteiger partial charge in [0, 0.05) is 35.4 Å². The zero-order chi connectivity index (χ0) is 17.8. The highest BCUT2D eigenvalue weighted by Crippen LogP contribution is 2.37. The summed E-state index contributed by atoms with van der Waals surface area (Å²) in [7, 11) is 0. The van der Waals surface area contributed by atoms with Crippen LogP contribution >= 0.6 is 0 Å². The Labute approximate surface area is 158 Å². The maximum absolute atomic E-state index is 3.72. The van der Waals surface area contributed by atoms with E-state index in [1.807, 2.05) is 0 Å². The van der Waals surface area contributed by atoms with Crippen molar-refractivity contribution in [1.82, 2.24) is 10.3 Å². The van der Waals surface area contributed by atoms with E-state index in [4.69, 9.17) is 0 Å². The third-order valence-electron chi connectivity index (χ3n) is 5.96. The monoisotopic (exact) mass is 351 g/mol. The maximum atomic E-state index is 3.72. The van der Waals surface area contributed by atoms with E-state index in [1.165, 1.54) is 50.1 Å².